The summed E-state index contributed by atoms with van der Waals surface area (Å²) in [7, 11) is 0. The Morgan fingerprint density at radius 2 is 2.30 bits per heavy atom. The van der Waals surface area contributed by atoms with Gasteiger partial charge in [-0.2, -0.15) is 0 Å². The number of rotatable bonds is 2. The van der Waals surface area contributed by atoms with E-state index >= 15 is 0 Å². The van der Waals surface area contributed by atoms with Gasteiger partial charge in [-0.05, 0) is 31.6 Å². The highest BCUT2D eigenvalue weighted by molar-refractivity contribution is 4.93. The van der Waals surface area contributed by atoms with Crippen molar-refractivity contribution < 1.29 is 0 Å². The van der Waals surface area contributed by atoms with E-state index in [1.54, 1.807) is 0 Å². The van der Waals surface area contributed by atoms with E-state index in [2.05, 4.69) is 19.1 Å². The van der Waals surface area contributed by atoms with Crippen LogP contribution < -0.4 is 5.73 Å². The molecule has 1 saturated carbocycles. The van der Waals surface area contributed by atoms with Gasteiger partial charge in [0.05, 0.1) is 0 Å². The molecule has 0 aromatic rings. The first-order valence-corrected chi connectivity index (χ1v) is 4.25. The molecule has 0 spiro atoms. The molecule has 1 fully saturated rings. The van der Waals surface area contributed by atoms with Crippen molar-refractivity contribution >= 4 is 0 Å². The van der Waals surface area contributed by atoms with E-state index in [-0.39, 0.29) is 0 Å². The van der Waals surface area contributed by atoms with Gasteiger partial charge in [-0.25, -0.2) is 0 Å². The molecule has 0 heterocycles. The zero-order valence-corrected chi connectivity index (χ0v) is 6.72. The molecule has 2 N–H and O–H groups in total. The minimum absolute atomic E-state index is 0.478. The Morgan fingerprint density at radius 3 is 2.80 bits per heavy atom. The van der Waals surface area contributed by atoms with Gasteiger partial charge in [0.1, 0.15) is 0 Å². The van der Waals surface area contributed by atoms with Crippen LogP contribution in [0.25, 0.3) is 0 Å². The molecule has 2 atom stereocenters. The van der Waals surface area contributed by atoms with Gasteiger partial charge in [0, 0.05) is 6.04 Å². The predicted octanol–water partition coefficient (Wildman–Crippen LogP) is 2.08. The molecule has 2 unspecified atom stereocenters. The minimum Gasteiger partial charge on any atom is -0.328 e. The van der Waals surface area contributed by atoms with Crippen molar-refractivity contribution in [2.45, 2.75) is 38.6 Å². The SMILES string of the molecule is CCC=CC1CCC(N)C1. The topological polar surface area (TPSA) is 26.0 Å². The normalized spacial score (nSPS) is 33.8. The van der Waals surface area contributed by atoms with E-state index in [0.717, 1.165) is 12.3 Å². The molecule has 1 nitrogen and oxygen atoms in total. The summed E-state index contributed by atoms with van der Waals surface area (Å²) in [5.74, 6) is 0.787. The molecule has 1 aliphatic carbocycles. The largest absolute Gasteiger partial charge is 0.328 e. The van der Waals surface area contributed by atoms with Gasteiger partial charge in [-0.3, -0.25) is 0 Å². The van der Waals surface area contributed by atoms with Crippen LogP contribution in [-0.2, 0) is 0 Å². The molecular weight excluding hydrogens is 122 g/mol. The predicted molar refractivity (Wildman–Crippen MR) is 44.7 cm³/mol. The third-order valence-electron chi connectivity index (χ3n) is 2.16. The molecule has 10 heavy (non-hydrogen) atoms. The monoisotopic (exact) mass is 139 g/mol. The van der Waals surface area contributed by atoms with Crippen LogP contribution in [0.15, 0.2) is 12.2 Å². The molecule has 0 aromatic heterocycles. The molecule has 0 bridgehead atoms. The highest BCUT2D eigenvalue weighted by atomic mass is 14.6. The van der Waals surface area contributed by atoms with Crippen LogP contribution in [0.1, 0.15) is 32.6 Å². The van der Waals surface area contributed by atoms with Crippen LogP contribution in [-0.4, -0.2) is 6.04 Å². The fraction of sp³-hybridized carbons (Fsp3) is 0.778. The zero-order valence-electron chi connectivity index (χ0n) is 6.72. The third-order valence-corrected chi connectivity index (χ3v) is 2.16. The van der Waals surface area contributed by atoms with E-state index in [1.807, 2.05) is 0 Å². The summed E-state index contributed by atoms with van der Waals surface area (Å²) in [6.07, 6.45) is 9.47. The Balaban J connectivity index is 2.24. The van der Waals surface area contributed by atoms with Gasteiger partial charge in [0.25, 0.3) is 0 Å². The van der Waals surface area contributed by atoms with Gasteiger partial charge in [0.15, 0.2) is 0 Å². The fourth-order valence-corrected chi connectivity index (χ4v) is 1.56. The minimum atomic E-state index is 0.478. The zero-order chi connectivity index (χ0) is 7.40. The average molecular weight is 139 g/mol. The van der Waals surface area contributed by atoms with Crippen molar-refractivity contribution in [3.63, 3.8) is 0 Å². The number of hydrogen-bond acceptors (Lipinski definition) is 1. The second kappa shape index (κ2) is 3.77. The maximum absolute atomic E-state index is 5.76. The van der Waals surface area contributed by atoms with Gasteiger partial charge < -0.3 is 5.73 Å². The summed E-state index contributed by atoms with van der Waals surface area (Å²) in [6, 6.07) is 0.478. The van der Waals surface area contributed by atoms with Crippen LogP contribution in [0.5, 0.6) is 0 Å². The van der Waals surface area contributed by atoms with E-state index in [4.69, 9.17) is 5.73 Å². The first-order chi connectivity index (χ1) is 4.83. The molecule has 0 radical (unpaired) electrons. The van der Waals surface area contributed by atoms with Crippen LogP contribution in [0, 0.1) is 5.92 Å². The second-order valence-electron chi connectivity index (χ2n) is 3.17. The van der Waals surface area contributed by atoms with E-state index in [1.165, 1.54) is 19.3 Å². The lowest BCUT2D eigenvalue weighted by atomic mass is 10.1. The molecule has 0 aromatic carbocycles. The fourth-order valence-electron chi connectivity index (χ4n) is 1.56. The number of nitrogens with two attached hydrogens (primary N) is 1. The summed E-state index contributed by atoms with van der Waals surface area (Å²) in [5, 5.41) is 0. The highest BCUT2D eigenvalue weighted by Crippen LogP contribution is 2.24. The standard InChI is InChI=1S/C9H17N/c1-2-3-4-8-5-6-9(10)7-8/h3-4,8-9H,2,5-7,10H2,1H3. The summed E-state index contributed by atoms with van der Waals surface area (Å²) in [4.78, 5) is 0. The quantitative estimate of drug-likeness (QED) is 0.582. The highest BCUT2D eigenvalue weighted by Gasteiger charge is 2.18. The Bertz CT molecular complexity index is 118. The van der Waals surface area contributed by atoms with Gasteiger partial charge in [-0.1, -0.05) is 19.1 Å². The second-order valence-corrected chi connectivity index (χ2v) is 3.17. The Kier molecular flexibility index (Phi) is 2.94. The molecule has 0 saturated heterocycles. The molecular formula is C9H17N. The van der Waals surface area contributed by atoms with Crippen LogP contribution in [0.3, 0.4) is 0 Å². The van der Waals surface area contributed by atoms with E-state index in [0.29, 0.717) is 6.04 Å². The lowest BCUT2D eigenvalue weighted by molar-refractivity contribution is 0.650. The Labute approximate surface area is 63.3 Å². The third kappa shape index (κ3) is 2.14. The van der Waals surface area contributed by atoms with Gasteiger partial charge in [-0.15, -0.1) is 0 Å². The smallest absolute Gasteiger partial charge is 0.00446 e. The number of hydrogen-bond donors (Lipinski definition) is 1. The molecule has 0 aliphatic heterocycles. The maximum atomic E-state index is 5.76. The summed E-state index contributed by atoms with van der Waals surface area (Å²) < 4.78 is 0. The van der Waals surface area contributed by atoms with Crippen LogP contribution in [0.2, 0.25) is 0 Å². The summed E-state index contributed by atoms with van der Waals surface area (Å²) in [6.45, 7) is 2.17. The lowest BCUT2D eigenvalue weighted by Gasteiger charge is -2.00. The van der Waals surface area contributed by atoms with Crippen molar-refractivity contribution in [3.8, 4) is 0 Å². The maximum Gasteiger partial charge on any atom is 0.00446 e. The number of allylic oxidation sites excluding steroid dienone is 2. The van der Waals surface area contributed by atoms with Crippen molar-refractivity contribution in [2.75, 3.05) is 0 Å². The van der Waals surface area contributed by atoms with E-state index in [9.17, 15) is 0 Å². The lowest BCUT2D eigenvalue weighted by Crippen LogP contribution is -2.14. The van der Waals surface area contributed by atoms with Crippen molar-refractivity contribution in [1.29, 1.82) is 0 Å². The summed E-state index contributed by atoms with van der Waals surface area (Å²) >= 11 is 0. The van der Waals surface area contributed by atoms with Gasteiger partial charge in [0.2, 0.25) is 0 Å². The first kappa shape index (κ1) is 7.80. The molecule has 1 rings (SSSR count). The first-order valence-electron chi connectivity index (χ1n) is 4.25. The van der Waals surface area contributed by atoms with Crippen molar-refractivity contribution in [2.24, 2.45) is 11.7 Å². The Hall–Kier alpha value is -0.300. The van der Waals surface area contributed by atoms with Crippen molar-refractivity contribution in [3.05, 3.63) is 12.2 Å². The summed E-state index contributed by atoms with van der Waals surface area (Å²) in [5.41, 5.74) is 5.76. The van der Waals surface area contributed by atoms with E-state index < -0.39 is 0 Å². The molecule has 58 valence electrons. The molecule has 1 aliphatic rings. The average Bonchev–Trinajstić information content (AvgIpc) is 2.31. The van der Waals surface area contributed by atoms with Crippen molar-refractivity contribution in [1.82, 2.24) is 0 Å². The molecule has 1 heteroatoms. The van der Waals surface area contributed by atoms with Gasteiger partial charge >= 0.3 is 0 Å². The van der Waals surface area contributed by atoms with Crippen LogP contribution >= 0.6 is 0 Å². The molecule has 0 amide bonds. The Morgan fingerprint density at radius 1 is 1.50 bits per heavy atom. The van der Waals surface area contributed by atoms with Crippen LogP contribution in [0.4, 0.5) is 0 Å².